The number of halogens is 3. The van der Waals surface area contributed by atoms with Gasteiger partial charge in [0.25, 0.3) is 5.91 Å². The Hall–Kier alpha value is -2.54. The molecule has 0 radical (unpaired) electrons. The summed E-state index contributed by atoms with van der Waals surface area (Å²) in [4.78, 5) is 14.4. The Labute approximate surface area is 168 Å². The maximum Gasteiger partial charge on any atom is 0.419 e. The van der Waals surface area contributed by atoms with Crippen molar-refractivity contribution in [1.82, 2.24) is 10.2 Å². The van der Waals surface area contributed by atoms with Gasteiger partial charge >= 0.3 is 6.18 Å². The first kappa shape index (κ1) is 21.2. The molecule has 156 valence electrons. The van der Waals surface area contributed by atoms with Crippen molar-refractivity contribution in [3.05, 3.63) is 65.7 Å². The highest BCUT2D eigenvalue weighted by Gasteiger charge is 2.34. The Bertz CT molecular complexity index is 788. The van der Waals surface area contributed by atoms with Crippen LogP contribution in [0.4, 0.5) is 13.2 Å². The molecule has 3 rings (SSSR count). The van der Waals surface area contributed by atoms with Crippen LogP contribution < -0.4 is 10.1 Å². The zero-order valence-electron chi connectivity index (χ0n) is 16.1. The molecule has 1 N–H and O–H groups in total. The van der Waals surface area contributed by atoms with E-state index in [1.165, 1.54) is 23.8 Å². The van der Waals surface area contributed by atoms with Crippen LogP contribution in [0.5, 0.6) is 5.75 Å². The molecule has 1 saturated heterocycles. The lowest BCUT2D eigenvalue weighted by Gasteiger charge is -2.32. The summed E-state index contributed by atoms with van der Waals surface area (Å²) in [6, 6.07) is 15.2. The highest BCUT2D eigenvalue weighted by Crippen LogP contribution is 2.35. The summed E-state index contributed by atoms with van der Waals surface area (Å²) in [6.07, 6.45) is -2.56. The first-order valence-electron chi connectivity index (χ1n) is 9.74. The lowest BCUT2D eigenvalue weighted by atomic mass is 9.96. The number of rotatable bonds is 7. The average Bonchev–Trinajstić information content (AvgIpc) is 2.72. The highest BCUT2D eigenvalue weighted by molar-refractivity contribution is 5.77. The quantitative estimate of drug-likeness (QED) is 0.752. The normalized spacial score (nSPS) is 15.8. The van der Waals surface area contributed by atoms with Crippen LogP contribution in [-0.2, 0) is 17.5 Å². The van der Waals surface area contributed by atoms with Crippen molar-refractivity contribution in [3.63, 3.8) is 0 Å². The van der Waals surface area contributed by atoms with Gasteiger partial charge in [0.15, 0.2) is 6.61 Å². The van der Waals surface area contributed by atoms with Gasteiger partial charge in [-0.25, -0.2) is 0 Å². The summed E-state index contributed by atoms with van der Waals surface area (Å²) in [5.41, 5.74) is 0.411. The molecule has 0 saturated carbocycles. The Morgan fingerprint density at radius 1 is 1.03 bits per heavy atom. The van der Waals surface area contributed by atoms with Crippen LogP contribution in [0.2, 0.25) is 0 Å². The summed E-state index contributed by atoms with van der Waals surface area (Å²) < 4.78 is 44.0. The van der Waals surface area contributed by atoms with Gasteiger partial charge in [-0.1, -0.05) is 42.5 Å². The molecular weight excluding hydrogens is 381 g/mol. The molecule has 0 atom stereocenters. The van der Waals surface area contributed by atoms with Crippen molar-refractivity contribution in [2.75, 3.05) is 26.2 Å². The maximum atomic E-state index is 12.9. The lowest BCUT2D eigenvalue weighted by Crippen LogP contribution is -2.39. The third-order valence-corrected chi connectivity index (χ3v) is 5.10. The summed E-state index contributed by atoms with van der Waals surface area (Å²) in [5.74, 6) is -0.369. The molecule has 0 aromatic heterocycles. The third kappa shape index (κ3) is 6.49. The summed E-state index contributed by atoms with van der Waals surface area (Å²) in [7, 11) is 0. The highest BCUT2D eigenvalue weighted by atomic mass is 19.4. The number of carbonyl (C=O) groups is 1. The Kier molecular flexibility index (Phi) is 7.14. The fraction of sp³-hybridized carbons (Fsp3) is 0.409. The van der Waals surface area contributed by atoms with Gasteiger partial charge in [0.05, 0.1) is 5.56 Å². The molecule has 0 aliphatic carbocycles. The van der Waals surface area contributed by atoms with Gasteiger partial charge < -0.3 is 10.1 Å². The summed E-state index contributed by atoms with van der Waals surface area (Å²) >= 11 is 0. The number of alkyl halides is 3. The fourth-order valence-electron chi connectivity index (χ4n) is 3.47. The molecule has 0 spiro atoms. The average molecular weight is 406 g/mol. The SMILES string of the molecule is O=C(COc1ccccc1C(F)(F)F)NCC1CCN(Cc2ccccc2)CC1. The second-order valence-corrected chi connectivity index (χ2v) is 7.29. The predicted octanol–water partition coefficient (Wildman–Crippen LogP) is 4.11. The van der Waals surface area contributed by atoms with Gasteiger partial charge in [-0.2, -0.15) is 13.2 Å². The number of likely N-dealkylation sites (tertiary alicyclic amines) is 1. The number of nitrogens with zero attached hydrogens (tertiary/aromatic N) is 1. The zero-order valence-corrected chi connectivity index (χ0v) is 16.1. The van der Waals surface area contributed by atoms with Crippen molar-refractivity contribution in [2.45, 2.75) is 25.6 Å². The van der Waals surface area contributed by atoms with Gasteiger partial charge in [-0.05, 0) is 49.5 Å². The second kappa shape index (κ2) is 9.78. The van der Waals surface area contributed by atoms with E-state index in [2.05, 4.69) is 22.3 Å². The molecular formula is C22H25F3N2O2. The molecule has 1 aliphatic heterocycles. The number of carbonyl (C=O) groups excluding carboxylic acids is 1. The fourth-order valence-corrected chi connectivity index (χ4v) is 3.47. The molecule has 1 amide bonds. The van der Waals surface area contributed by atoms with E-state index in [9.17, 15) is 18.0 Å². The molecule has 2 aromatic rings. The Morgan fingerprint density at radius 2 is 1.69 bits per heavy atom. The first-order chi connectivity index (χ1) is 13.9. The van der Waals surface area contributed by atoms with Crippen LogP contribution in [0.25, 0.3) is 0 Å². The number of hydrogen-bond acceptors (Lipinski definition) is 3. The Balaban J connectivity index is 1.38. The van der Waals surface area contributed by atoms with E-state index in [4.69, 9.17) is 4.74 Å². The minimum atomic E-state index is -4.51. The summed E-state index contributed by atoms with van der Waals surface area (Å²) in [5, 5.41) is 2.78. The van der Waals surface area contributed by atoms with E-state index in [0.29, 0.717) is 12.5 Å². The molecule has 2 aromatic carbocycles. The van der Waals surface area contributed by atoms with Crippen molar-refractivity contribution >= 4 is 5.91 Å². The minimum Gasteiger partial charge on any atom is -0.483 e. The van der Waals surface area contributed by atoms with Gasteiger partial charge in [0.1, 0.15) is 5.75 Å². The lowest BCUT2D eigenvalue weighted by molar-refractivity contribution is -0.139. The number of hydrogen-bond donors (Lipinski definition) is 1. The van der Waals surface area contributed by atoms with Crippen molar-refractivity contribution < 1.29 is 22.7 Å². The number of benzene rings is 2. The topological polar surface area (TPSA) is 41.6 Å². The van der Waals surface area contributed by atoms with Crippen molar-refractivity contribution in [2.24, 2.45) is 5.92 Å². The van der Waals surface area contributed by atoms with E-state index in [1.807, 2.05) is 18.2 Å². The van der Waals surface area contributed by atoms with Crippen LogP contribution in [0.15, 0.2) is 54.6 Å². The molecule has 0 bridgehead atoms. The molecule has 4 nitrogen and oxygen atoms in total. The first-order valence-corrected chi connectivity index (χ1v) is 9.74. The zero-order chi connectivity index (χ0) is 20.7. The molecule has 1 aliphatic rings. The van der Waals surface area contributed by atoms with E-state index >= 15 is 0 Å². The number of piperidine rings is 1. The number of nitrogens with one attached hydrogen (secondary N) is 1. The van der Waals surface area contributed by atoms with Crippen LogP contribution in [0, 0.1) is 5.92 Å². The van der Waals surface area contributed by atoms with E-state index in [-0.39, 0.29) is 5.75 Å². The van der Waals surface area contributed by atoms with Gasteiger partial charge in [0, 0.05) is 13.1 Å². The molecule has 1 fully saturated rings. The largest absolute Gasteiger partial charge is 0.483 e. The van der Waals surface area contributed by atoms with Crippen LogP contribution in [0.1, 0.15) is 24.0 Å². The van der Waals surface area contributed by atoms with Gasteiger partial charge in [-0.15, -0.1) is 0 Å². The predicted molar refractivity (Wildman–Crippen MR) is 104 cm³/mol. The minimum absolute atomic E-state index is 0.329. The Morgan fingerprint density at radius 3 is 2.38 bits per heavy atom. The third-order valence-electron chi connectivity index (χ3n) is 5.10. The summed E-state index contributed by atoms with van der Waals surface area (Å²) in [6.45, 7) is 2.93. The molecule has 1 heterocycles. The smallest absolute Gasteiger partial charge is 0.419 e. The molecule has 0 unspecified atom stereocenters. The van der Waals surface area contributed by atoms with Gasteiger partial charge in [0.2, 0.25) is 0 Å². The van der Waals surface area contributed by atoms with E-state index in [1.54, 1.807) is 0 Å². The van der Waals surface area contributed by atoms with Gasteiger partial charge in [-0.3, -0.25) is 9.69 Å². The van der Waals surface area contributed by atoms with E-state index < -0.39 is 24.3 Å². The number of para-hydroxylation sites is 1. The van der Waals surface area contributed by atoms with Crippen LogP contribution in [0.3, 0.4) is 0 Å². The monoisotopic (exact) mass is 406 g/mol. The molecule has 29 heavy (non-hydrogen) atoms. The molecule has 7 heteroatoms. The van der Waals surface area contributed by atoms with Crippen LogP contribution in [-0.4, -0.2) is 37.0 Å². The number of ether oxygens (including phenoxy) is 1. The van der Waals surface area contributed by atoms with E-state index in [0.717, 1.165) is 38.5 Å². The second-order valence-electron chi connectivity index (χ2n) is 7.29. The number of amides is 1. The van der Waals surface area contributed by atoms with Crippen molar-refractivity contribution in [3.8, 4) is 5.75 Å². The van der Waals surface area contributed by atoms with Crippen LogP contribution >= 0.6 is 0 Å². The standard InChI is InChI=1S/C22H25F3N2O2/c23-22(24,25)19-8-4-5-9-20(19)29-16-21(28)26-14-17-10-12-27(13-11-17)15-18-6-2-1-3-7-18/h1-9,17H,10-16H2,(H,26,28). The van der Waals surface area contributed by atoms with Crippen molar-refractivity contribution in [1.29, 1.82) is 0 Å². The maximum absolute atomic E-state index is 12.9.